The maximum atomic E-state index is 13.3. The number of carbonyl (C=O) groups excluding carboxylic acids is 1. The minimum atomic E-state index is -0.614. The summed E-state index contributed by atoms with van der Waals surface area (Å²) in [6, 6.07) is 1.51. The Labute approximate surface area is 161 Å². The van der Waals surface area contributed by atoms with Crippen LogP contribution >= 0.6 is 0 Å². The molecule has 1 saturated heterocycles. The van der Waals surface area contributed by atoms with Gasteiger partial charge in [0, 0.05) is 12.7 Å². The van der Waals surface area contributed by atoms with Crippen LogP contribution in [0.3, 0.4) is 0 Å². The Balaban J connectivity index is 1.50. The van der Waals surface area contributed by atoms with Gasteiger partial charge in [-0.05, 0) is 57.4 Å². The first-order chi connectivity index (χ1) is 13.2. The predicted octanol–water partition coefficient (Wildman–Crippen LogP) is 1.42. The average molecular weight is 384 g/mol. The molecule has 3 fully saturated rings. The Kier molecular flexibility index (Phi) is 3.62. The van der Waals surface area contributed by atoms with Crippen molar-refractivity contribution >= 4 is 16.9 Å². The lowest BCUT2D eigenvalue weighted by molar-refractivity contribution is -0.208. The molecule has 1 amide bonds. The van der Waals surface area contributed by atoms with Gasteiger partial charge in [0.05, 0.1) is 28.7 Å². The fraction of sp³-hybridized carbons (Fsp3) is 0.600. The maximum absolute atomic E-state index is 13.3. The number of ether oxygens (including phenoxy) is 1. The molecule has 2 aliphatic carbocycles. The van der Waals surface area contributed by atoms with Crippen molar-refractivity contribution in [1.82, 2.24) is 19.9 Å². The zero-order chi connectivity index (χ0) is 19.7. The van der Waals surface area contributed by atoms with E-state index in [2.05, 4.69) is 15.0 Å². The van der Waals surface area contributed by atoms with Crippen molar-refractivity contribution in [2.24, 2.45) is 11.8 Å². The molecular formula is C20H24N4O4. The van der Waals surface area contributed by atoms with Crippen molar-refractivity contribution in [3.63, 3.8) is 0 Å². The Morgan fingerprint density at radius 2 is 2.07 bits per heavy atom. The molecule has 2 bridgehead atoms. The molecule has 148 valence electrons. The zero-order valence-electron chi connectivity index (χ0n) is 16.1. The standard InChI is InChI=1S/C20H24N4O4/c1-19(2)9-24(10-20(28-19)7-11-3-4-13(20)5-11)17(26)12-6-14-15(21-8-12)22-18(27)23-16(14)25/h6,8,11,13H,3-5,7,9-10H2,1-2H3,(H2,21,22,23,25,27)/t11-,13+,20+/m1/s1. The van der Waals surface area contributed by atoms with Crippen LogP contribution in [0.4, 0.5) is 0 Å². The fourth-order valence-electron chi connectivity index (χ4n) is 5.66. The van der Waals surface area contributed by atoms with Crippen LogP contribution in [0.25, 0.3) is 11.0 Å². The van der Waals surface area contributed by atoms with E-state index >= 15 is 0 Å². The van der Waals surface area contributed by atoms with E-state index in [1.54, 1.807) is 0 Å². The van der Waals surface area contributed by atoms with Crippen LogP contribution in [0, 0.1) is 11.8 Å². The Bertz CT molecular complexity index is 1090. The third-order valence-electron chi connectivity index (χ3n) is 6.55. The smallest absolute Gasteiger partial charge is 0.327 e. The van der Waals surface area contributed by atoms with Gasteiger partial charge in [-0.3, -0.25) is 19.6 Å². The van der Waals surface area contributed by atoms with Crippen LogP contribution in [-0.4, -0.2) is 50.1 Å². The number of nitrogens with one attached hydrogen (secondary N) is 2. The lowest BCUT2D eigenvalue weighted by Gasteiger charge is -2.52. The number of carbonyl (C=O) groups is 1. The minimum absolute atomic E-state index is 0.154. The number of hydrogen-bond donors (Lipinski definition) is 2. The van der Waals surface area contributed by atoms with Gasteiger partial charge in [0.25, 0.3) is 11.5 Å². The second-order valence-electron chi connectivity index (χ2n) is 9.20. The monoisotopic (exact) mass is 384 g/mol. The summed E-state index contributed by atoms with van der Waals surface area (Å²) in [5.41, 5.74) is -1.32. The molecule has 5 rings (SSSR count). The molecule has 3 atom stereocenters. The molecule has 2 saturated carbocycles. The summed E-state index contributed by atoms with van der Waals surface area (Å²) >= 11 is 0. The van der Waals surface area contributed by atoms with Crippen molar-refractivity contribution in [3.8, 4) is 0 Å². The summed E-state index contributed by atoms with van der Waals surface area (Å²) in [5.74, 6) is 1.06. The van der Waals surface area contributed by atoms with E-state index in [-0.39, 0.29) is 22.5 Å². The lowest BCUT2D eigenvalue weighted by atomic mass is 9.81. The highest BCUT2D eigenvalue weighted by Crippen LogP contribution is 2.55. The summed E-state index contributed by atoms with van der Waals surface area (Å²) < 4.78 is 6.57. The molecule has 3 heterocycles. The number of pyridine rings is 1. The van der Waals surface area contributed by atoms with Gasteiger partial charge in [0.1, 0.15) is 5.65 Å². The Morgan fingerprint density at radius 3 is 2.79 bits per heavy atom. The van der Waals surface area contributed by atoms with Gasteiger partial charge in [-0.1, -0.05) is 0 Å². The summed E-state index contributed by atoms with van der Waals surface area (Å²) in [4.78, 5) is 47.4. The number of aromatic nitrogens is 3. The van der Waals surface area contributed by atoms with Crippen LogP contribution in [-0.2, 0) is 4.74 Å². The second-order valence-corrected chi connectivity index (χ2v) is 9.20. The number of morpholine rings is 1. The van der Waals surface area contributed by atoms with Gasteiger partial charge >= 0.3 is 5.69 Å². The number of amides is 1. The van der Waals surface area contributed by atoms with Gasteiger partial charge in [-0.15, -0.1) is 0 Å². The van der Waals surface area contributed by atoms with Gasteiger partial charge in [-0.25, -0.2) is 9.78 Å². The van der Waals surface area contributed by atoms with Crippen LogP contribution < -0.4 is 11.2 Å². The van der Waals surface area contributed by atoms with E-state index in [1.165, 1.54) is 31.5 Å². The number of hydrogen-bond acceptors (Lipinski definition) is 5. The molecule has 2 aromatic heterocycles. The summed E-state index contributed by atoms with van der Waals surface area (Å²) in [7, 11) is 0. The van der Waals surface area contributed by atoms with Crippen LogP contribution in [0.5, 0.6) is 0 Å². The number of H-pyrrole nitrogens is 2. The molecule has 3 aliphatic rings. The quantitative estimate of drug-likeness (QED) is 0.773. The molecule has 2 aromatic rings. The molecule has 8 nitrogen and oxygen atoms in total. The Morgan fingerprint density at radius 1 is 1.25 bits per heavy atom. The van der Waals surface area contributed by atoms with E-state index in [9.17, 15) is 14.4 Å². The van der Waals surface area contributed by atoms with Crippen molar-refractivity contribution in [2.45, 2.75) is 50.7 Å². The van der Waals surface area contributed by atoms with Gasteiger partial charge in [0.2, 0.25) is 0 Å². The highest BCUT2D eigenvalue weighted by molar-refractivity contribution is 5.96. The van der Waals surface area contributed by atoms with E-state index in [4.69, 9.17) is 4.74 Å². The largest absolute Gasteiger partial charge is 0.365 e. The molecule has 28 heavy (non-hydrogen) atoms. The van der Waals surface area contributed by atoms with Crippen molar-refractivity contribution in [1.29, 1.82) is 0 Å². The number of aromatic amines is 2. The third kappa shape index (κ3) is 2.70. The first-order valence-corrected chi connectivity index (χ1v) is 9.87. The summed E-state index contributed by atoms with van der Waals surface area (Å²) in [6.07, 6.45) is 6.07. The number of fused-ring (bicyclic) bond motifs is 4. The first-order valence-electron chi connectivity index (χ1n) is 9.87. The molecule has 1 spiro atoms. The summed E-state index contributed by atoms with van der Waals surface area (Å²) in [6.45, 7) is 5.14. The van der Waals surface area contributed by atoms with Gasteiger partial charge in [0.15, 0.2) is 0 Å². The molecule has 0 aromatic carbocycles. The minimum Gasteiger partial charge on any atom is -0.365 e. The molecular weight excluding hydrogens is 360 g/mol. The normalized spacial score (nSPS) is 31.0. The Hall–Kier alpha value is -2.48. The molecule has 8 heteroatoms. The third-order valence-corrected chi connectivity index (χ3v) is 6.55. The van der Waals surface area contributed by atoms with E-state index in [0.29, 0.717) is 30.5 Å². The number of rotatable bonds is 1. The lowest BCUT2D eigenvalue weighted by Crippen LogP contribution is -2.62. The highest BCUT2D eigenvalue weighted by atomic mass is 16.5. The van der Waals surface area contributed by atoms with Crippen LogP contribution in [0.2, 0.25) is 0 Å². The average Bonchev–Trinajstić information content (AvgIpc) is 3.20. The van der Waals surface area contributed by atoms with Crippen LogP contribution in [0.15, 0.2) is 21.9 Å². The van der Waals surface area contributed by atoms with Crippen molar-refractivity contribution in [3.05, 3.63) is 38.7 Å². The topological polar surface area (TPSA) is 108 Å². The first kappa shape index (κ1) is 17.6. The molecule has 0 unspecified atom stereocenters. The van der Waals surface area contributed by atoms with E-state index in [0.717, 1.165) is 6.42 Å². The molecule has 0 radical (unpaired) electrons. The van der Waals surface area contributed by atoms with Gasteiger partial charge < -0.3 is 9.64 Å². The van der Waals surface area contributed by atoms with Crippen LogP contribution in [0.1, 0.15) is 49.9 Å². The van der Waals surface area contributed by atoms with E-state index in [1.807, 2.05) is 18.7 Å². The fourth-order valence-corrected chi connectivity index (χ4v) is 5.66. The summed E-state index contributed by atoms with van der Waals surface area (Å²) in [5, 5.41) is 0.201. The van der Waals surface area contributed by atoms with Crippen molar-refractivity contribution in [2.75, 3.05) is 13.1 Å². The predicted molar refractivity (Wildman–Crippen MR) is 102 cm³/mol. The SMILES string of the molecule is CC1(C)CN(C(=O)c2cnc3[nH]c(=O)[nH]c(=O)c3c2)C[C@]2(C[C@@H]3CC[C@H]2C3)O1. The second kappa shape index (κ2) is 5.76. The van der Waals surface area contributed by atoms with Gasteiger partial charge in [-0.2, -0.15) is 0 Å². The van der Waals surface area contributed by atoms with Crippen molar-refractivity contribution < 1.29 is 9.53 Å². The maximum Gasteiger partial charge on any atom is 0.327 e. The van der Waals surface area contributed by atoms with E-state index < -0.39 is 16.9 Å². The zero-order valence-corrected chi connectivity index (χ0v) is 16.1. The molecule has 1 aliphatic heterocycles. The highest BCUT2D eigenvalue weighted by Gasteiger charge is 2.57. The molecule has 2 N–H and O–H groups in total. The number of nitrogens with zero attached hydrogens (tertiary/aromatic N) is 2.